The Morgan fingerprint density at radius 1 is 1.29 bits per heavy atom. The third-order valence-electron chi connectivity index (χ3n) is 3.46. The number of benzene rings is 1. The predicted octanol–water partition coefficient (Wildman–Crippen LogP) is 1.20. The largest absolute Gasteiger partial charge is 0.398 e. The summed E-state index contributed by atoms with van der Waals surface area (Å²) < 4.78 is 50.4. The minimum Gasteiger partial charge on any atom is -0.398 e. The second-order valence-corrected chi connectivity index (χ2v) is 7.44. The van der Waals surface area contributed by atoms with Crippen LogP contribution in [0.2, 0.25) is 0 Å². The van der Waals surface area contributed by atoms with Crippen molar-refractivity contribution in [3.63, 3.8) is 0 Å². The highest BCUT2D eigenvalue weighted by molar-refractivity contribution is 9.10. The van der Waals surface area contributed by atoms with Crippen molar-refractivity contribution in [3.8, 4) is 0 Å². The van der Waals surface area contributed by atoms with Gasteiger partial charge in [0.25, 0.3) is 0 Å². The van der Waals surface area contributed by atoms with Crippen LogP contribution in [-0.4, -0.2) is 52.2 Å². The lowest BCUT2D eigenvalue weighted by Gasteiger charge is -2.17. The molecule has 2 N–H and O–H groups in total. The van der Waals surface area contributed by atoms with E-state index in [0.717, 1.165) is 6.07 Å². The summed E-state index contributed by atoms with van der Waals surface area (Å²) in [4.78, 5) is -0.137. The van der Waals surface area contributed by atoms with E-state index in [9.17, 15) is 12.8 Å². The topological polar surface area (TPSA) is 81.9 Å². The van der Waals surface area contributed by atoms with Crippen LogP contribution >= 0.6 is 15.9 Å². The number of nitrogens with zero attached hydrogens (tertiary/aromatic N) is 1. The average Bonchev–Trinajstić information content (AvgIpc) is 2.86. The normalized spacial score (nSPS) is 23.6. The summed E-state index contributed by atoms with van der Waals surface area (Å²) in [5.74, 6) is -0.614. The van der Waals surface area contributed by atoms with Crippen LogP contribution in [-0.2, 0) is 19.5 Å². The molecule has 2 atom stereocenters. The molecule has 0 aromatic heterocycles. The van der Waals surface area contributed by atoms with Gasteiger partial charge < -0.3 is 15.2 Å². The fourth-order valence-electron chi connectivity index (χ4n) is 2.27. The Hall–Kier alpha value is -0.740. The highest BCUT2D eigenvalue weighted by Crippen LogP contribution is 2.31. The molecule has 2 unspecified atom stereocenters. The molecule has 0 spiro atoms. The molecule has 1 aromatic rings. The van der Waals surface area contributed by atoms with Crippen LogP contribution in [0.15, 0.2) is 21.5 Å². The van der Waals surface area contributed by atoms with E-state index in [1.54, 1.807) is 0 Å². The smallest absolute Gasteiger partial charge is 0.245 e. The molecular formula is C12H16BrFN2O4S. The summed E-state index contributed by atoms with van der Waals surface area (Å²) >= 11 is 2.97. The Bertz CT molecular complexity index is 628. The number of sulfonamides is 1. The Morgan fingerprint density at radius 3 is 2.29 bits per heavy atom. The van der Waals surface area contributed by atoms with Crippen molar-refractivity contribution in [2.45, 2.75) is 17.1 Å². The highest BCUT2D eigenvalue weighted by Gasteiger charge is 2.40. The van der Waals surface area contributed by atoms with Gasteiger partial charge in [0.1, 0.15) is 10.7 Å². The SMILES string of the molecule is COC1CN(S(=O)(=O)c2cc(Br)c(F)cc2N)CC1OC. The molecule has 0 bridgehead atoms. The van der Waals surface area contributed by atoms with Gasteiger partial charge in [-0.15, -0.1) is 0 Å². The number of nitrogen functional groups attached to an aromatic ring is 1. The third-order valence-corrected chi connectivity index (χ3v) is 5.95. The number of nitrogens with two attached hydrogens (primary N) is 1. The zero-order chi connectivity index (χ0) is 15.8. The number of ether oxygens (including phenoxy) is 2. The van der Waals surface area contributed by atoms with Crippen LogP contribution in [0.3, 0.4) is 0 Å². The van der Waals surface area contributed by atoms with E-state index in [-0.39, 0.29) is 40.4 Å². The fourth-order valence-corrected chi connectivity index (χ4v) is 4.35. The minimum absolute atomic E-state index is 0.0426. The summed E-state index contributed by atoms with van der Waals surface area (Å²) in [5.41, 5.74) is 5.52. The molecule has 2 rings (SSSR count). The van der Waals surface area contributed by atoms with E-state index < -0.39 is 15.8 Å². The van der Waals surface area contributed by atoms with Crippen LogP contribution in [0.4, 0.5) is 10.1 Å². The van der Waals surface area contributed by atoms with Gasteiger partial charge in [0.2, 0.25) is 10.0 Å². The Kier molecular flexibility index (Phi) is 4.89. The minimum atomic E-state index is -3.84. The van der Waals surface area contributed by atoms with E-state index in [1.165, 1.54) is 24.6 Å². The monoisotopic (exact) mass is 382 g/mol. The number of halogens is 2. The number of anilines is 1. The Balaban J connectivity index is 2.38. The molecule has 1 aromatic carbocycles. The van der Waals surface area contributed by atoms with Gasteiger partial charge in [0.15, 0.2) is 0 Å². The maximum absolute atomic E-state index is 13.4. The predicted molar refractivity (Wildman–Crippen MR) is 78.9 cm³/mol. The first-order chi connectivity index (χ1) is 9.81. The molecule has 21 heavy (non-hydrogen) atoms. The molecule has 0 aliphatic carbocycles. The van der Waals surface area contributed by atoms with E-state index in [1.807, 2.05) is 0 Å². The lowest BCUT2D eigenvalue weighted by atomic mass is 10.3. The van der Waals surface area contributed by atoms with Crippen molar-refractivity contribution < 1.29 is 22.3 Å². The summed E-state index contributed by atoms with van der Waals surface area (Å²) in [5, 5.41) is 0. The van der Waals surface area contributed by atoms with Crippen molar-refractivity contribution in [1.29, 1.82) is 0 Å². The molecule has 1 saturated heterocycles. The van der Waals surface area contributed by atoms with Gasteiger partial charge in [0.05, 0.1) is 22.4 Å². The van der Waals surface area contributed by atoms with Crippen LogP contribution in [0.5, 0.6) is 0 Å². The lowest BCUT2D eigenvalue weighted by Crippen LogP contribution is -2.30. The van der Waals surface area contributed by atoms with Crippen LogP contribution < -0.4 is 5.73 Å². The second-order valence-electron chi connectivity index (χ2n) is 4.67. The fraction of sp³-hybridized carbons (Fsp3) is 0.500. The molecular weight excluding hydrogens is 367 g/mol. The summed E-state index contributed by atoms with van der Waals surface area (Å²) in [6.45, 7) is 0.317. The quantitative estimate of drug-likeness (QED) is 0.791. The molecule has 118 valence electrons. The summed E-state index contributed by atoms with van der Waals surface area (Å²) in [7, 11) is -0.852. The summed E-state index contributed by atoms with van der Waals surface area (Å²) in [6, 6.07) is 2.15. The number of hydrogen-bond donors (Lipinski definition) is 1. The summed E-state index contributed by atoms with van der Waals surface area (Å²) in [6.07, 6.45) is -0.704. The van der Waals surface area contributed by atoms with Gasteiger partial charge in [-0.05, 0) is 28.1 Å². The molecule has 1 heterocycles. The Morgan fingerprint density at radius 2 is 1.81 bits per heavy atom. The highest BCUT2D eigenvalue weighted by atomic mass is 79.9. The second kappa shape index (κ2) is 6.17. The maximum Gasteiger partial charge on any atom is 0.245 e. The van der Waals surface area contributed by atoms with E-state index in [2.05, 4.69) is 15.9 Å². The first kappa shape index (κ1) is 16.6. The lowest BCUT2D eigenvalue weighted by molar-refractivity contribution is -0.00461. The van der Waals surface area contributed by atoms with E-state index >= 15 is 0 Å². The van der Waals surface area contributed by atoms with Crippen molar-refractivity contribution in [2.24, 2.45) is 0 Å². The van der Waals surface area contributed by atoms with Crippen LogP contribution in [0, 0.1) is 5.82 Å². The maximum atomic E-state index is 13.4. The molecule has 0 saturated carbocycles. The zero-order valence-corrected chi connectivity index (χ0v) is 13.9. The average molecular weight is 383 g/mol. The molecule has 0 amide bonds. The first-order valence-electron chi connectivity index (χ1n) is 6.11. The number of methoxy groups -OCH3 is 2. The van der Waals surface area contributed by atoms with Gasteiger partial charge in [-0.3, -0.25) is 0 Å². The molecule has 6 nitrogen and oxygen atoms in total. The molecule has 0 radical (unpaired) electrons. The van der Waals surface area contributed by atoms with Crippen molar-refractivity contribution >= 4 is 31.6 Å². The Labute approximate surface area is 131 Å². The molecule has 1 fully saturated rings. The molecule has 1 aliphatic heterocycles. The molecule has 9 heteroatoms. The third kappa shape index (κ3) is 3.07. The molecule has 1 aliphatic rings. The van der Waals surface area contributed by atoms with E-state index in [0.29, 0.717) is 0 Å². The van der Waals surface area contributed by atoms with Crippen molar-refractivity contribution in [2.75, 3.05) is 33.0 Å². The number of rotatable bonds is 4. The first-order valence-corrected chi connectivity index (χ1v) is 8.34. The zero-order valence-electron chi connectivity index (χ0n) is 11.5. The van der Waals surface area contributed by atoms with Gasteiger partial charge in [-0.1, -0.05) is 0 Å². The van der Waals surface area contributed by atoms with Crippen LogP contribution in [0.25, 0.3) is 0 Å². The van der Waals surface area contributed by atoms with Gasteiger partial charge >= 0.3 is 0 Å². The van der Waals surface area contributed by atoms with Gasteiger partial charge in [0, 0.05) is 27.3 Å². The van der Waals surface area contributed by atoms with Gasteiger partial charge in [-0.2, -0.15) is 4.31 Å². The van der Waals surface area contributed by atoms with Crippen molar-refractivity contribution in [1.82, 2.24) is 4.31 Å². The standard InChI is InChI=1S/C12H16BrFN2O4S/c1-19-10-5-16(6-11(10)20-2)21(17,18)12-3-7(13)8(14)4-9(12)15/h3-4,10-11H,5-6,15H2,1-2H3. The van der Waals surface area contributed by atoms with Crippen LogP contribution in [0.1, 0.15) is 0 Å². The van der Waals surface area contributed by atoms with Crippen molar-refractivity contribution in [3.05, 3.63) is 22.4 Å². The van der Waals surface area contributed by atoms with Gasteiger partial charge in [-0.25, -0.2) is 12.8 Å². The number of hydrogen-bond acceptors (Lipinski definition) is 5. The van der Waals surface area contributed by atoms with E-state index in [4.69, 9.17) is 15.2 Å².